The fraction of sp³-hybridized carbons (Fsp3) is 0.636. The molecule has 0 heterocycles. The van der Waals surface area contributed by atoms with E-state index in [1.807, 2.05) is 24.3 Å². The molecule has 1 atom stereocenters. The van der Waals surface area contributed by atoms with Crippen molar-refractivity contribution in [3.8, 4) is 0 Å². The van der Waals surface area contributed by atoms with Gasteiger partial charge in [0.2, 0.25) is 11.8 Å². The lowest BCUT2D eigenvalue weighted by Gasteiger charge is -2.25. The van der Waals surface area contributed by atoms with Crippen molar-refractivity contribution in [1.29, 1.82) is 0 Å². The summed E-state index contributed by atoms with van der Waals surface area (Å²) in [5.74, 6) is 0.779. The minimum Gasteiger partial charge on any atom is -0.344 e. The fourth-order valence-electron chi connectivity index (χ4n) is 3.54. The number of benzene rings is 1. The van der Waals surface area contributed by atoms with E-state index >= 15 is 0 Å². The van der Waals surface area contributed by atoms with Crippen molar-refractivity contribution in [2.75, 3.05) is 5.32 Å². The molecule has 26 heavy (non-hydrogen) atoms. The zero-order valence-electron chi connectivity index (χ0n) is 16.7. The third-order valence-corrected chi connectivity index (χ3v) is 5.16. The second kappa shape index (κ2) is 9.75. The largest absolute Gasteiger partial charge is 0.344 e. The van der Waals surface area contributed by atoms with Crippen LogP contribution in [0.25, 0.3) is 0 Å². The van der Waals surface area contributed by atoms with Crippen molar-refractivity contribution in [3.63, 3.8) is 0 Å². The van der Waals surface area contributed by atoms with Gasteiger partial charge in [0.1, 0.15) is 6.04 Å². The van der Waals surface area contributed by atoms with Crippen LogP contribution in [0.15, 0.2) is 24.3 Å². The van der Waals surface area contributed by atoms with Gasteiger partial charge < -0.3 is 10.6 Å². The van der Waals surface area contributed by atoms with Crippen molar-refractivity contribution in [2.45, 2.75) is 78.2 Å². The van der Waals surface area contributed by atoms with E-state index in [9.17, 15) is 9.59 Å². The van der Waals surface area contributed by atoms with Crippen molar-refractivity contribution in [1.82, 2.24) is 5.32 Å². The van der Waals surface area contributed by atoms with Crippen molar-refractivity contribution < 1.29 is 9.59 Å². The Morgan fingerprint density at radius 2 is 1.62 bits per heavy atom. The van der Waals surface area contributed by atoms with Crippen molar-refractivity contribution >= 4 is 17.5 Å². The predicted molar refractivity (Wildman–Crippen MR) is 107 cm³/mol. The lowest BCUT2D eigenvalue weighted by atomic mass is 9.88. The molecule has 4 nitrogen and oxygen atoms in total. The van der Waals surface area contributed by atoms with Crippen LogP contribution in [0, 0.1) is 11.8 Å². The fourth-order valence-corrected chi connectivity index (χ4v) is 3.54. The zero-order valence-corrected chi connectivity index (χ0v) is 16.7. The second-order valence-corrected chi connectivity index (χ2v) is 8.29. The maximum absolute atomic E-state index is 12.8. The molecule has 1 aliphatic carbocycles. The molecule has 1 fully saturated rings. The molecule has 2 N–H and O–H groups in total. The van der Waals surface area contributed by atoms with E-state index in [2.05, 4.69) is 38.3 Å². The van der Waals surface area contributed by atoms with Gasteiger partial charge in [-0.3, -0.25) is 9.59 Å². The van der Waals surface area contributed by atoms with Crippen molar-refractivity contribution in [2.24, 2.45) is 11.8 Å². The molecular formula is C22H34N2O2. The van der Waals surface area contributed by atoms with E-state index in [1.54, 1.807) is 0 Å². The van der Waals surface area contributed by atoms with E-state index < -0.39 is 6.04 Å². The Labute approximate surface area is 158 Å². The minimum absolute atomic E-state index is 0.0423. The Bertz CT molecular complexity index is 587. The zero-order chi connectivity index (χ0) is 19.1. The van der Waals surface area contributed by atoms with Crippen LogP contribution < -0.4 is 10.6 Å². The van der Waals surface area contributed by atoms with Gasteiger partial charge in [0.25, 0.3) is 0 Å². The molecule has 0 aliphatic heterocycles. The number of carbonyl (C=O) groups is 2. The highest BCUT2D eigenvalue weighted by Gasteiger charge is 2.27. The van der Waals surface area contributed by atoms with E-state index in [-0.39, 0.29) is 17.7 Å². The quantitative estimate of drug-likeness (QED) is 0.731. The molecule has 0 unspecified atom stereocenters. The molecule has 0 spiro atoms. The summed E-state index contributed by atoms with van der Waals surface area (Å²) in [6, 6.07) is 7.47. The van der Waals surface area contributed by atoms with E-state index in [0.717, 1.165) is 31.4 Å². The summed E-state index contributed by atoms with van der Waals surface area (Å²) in [6.07, 6.45) is 5.97. The second-order valence-electron chi connectivity index (χ2n) is 8.29. The van der Waals surface area contributed by atoms with Crippen LogP contribution in [0.2, 0.25) is 0 Å². The smallest absolute Gasteiger partial charge is 0.246 e. The summed E-state index contributed by atoms with van der Waals surface area (Å²) in [6.45, 7) is 8.44. The maximum atomic E-state index is 12.8. The summed E-state index contributed by atoms with van der Waals surface area (Å²) in [7, 11) is 0. The van der Waals surface area contributed by atoms with Gasteiger partial charge >= 0.3 is 0 Å². The summed E-state index contributed by atoms with van der Waals surface area (Å²) in [5, 5.41) is 5.98. The van der Waals surface area contributed by atoms with Gasteiger partial charge in [-0.05, 0) is 48.8 Å². The standard InChI is InChI=1S/C22H34N2O2/c1-15(2)14-20(24-21(25)18-8-6-5-7-9-18)22(26)23-19-12-10-17(11-13-19)16(3)4/h10-13,15-16,18,20H,5-9,14H2,1-4H3,(H,23,26)(H,24,25)/t20-/m0/s1. The minimum atomic E-state index is -0.478. The van der Waals surface area contributed by atoms with E-state index in [4.69, 9.17) is 0 Å². The Balaban J connectivity index is 2.00. The Hall–Kier alpha value is -1.84. The van der Waals surface area contributed by atoms with Crippen LogP contribution in [-0.4, -0.2) is 17.9 Å². The molecule has 1 aromatic rings. The summed E-state index contributed by atoms with van der Waals surface area (Å²) in [5.41, 5.74) is 2.02. The molecule has 2 rings (SSSR count). The number of hydrogen-bond donors (Lipinski definition) is 2. The Kier molecular flexibility index (Phi) is 7.67. The molecule has 0 bridgehead atoms. The first-order chi connectivity index (χ1) is 12.4. The monoisotopic (exact) mass is 358 g/mol. The lowest BCUT2D eigenvalue weighted by molar-refractivity contribution is -0.130. The SMILES string of the molecule is CC(C)C[C@H](NC(=O)C1CCCCC1)C(=O)Nc1ccc(C(C)C)cc1. The molecule has 144 valence electrons. The molecular weight excluding hydrogens is 324 g/mol. The molecule has 1 aromatic carbocycles. The number of carbonyl (C=O) groups excluding carboxylic acids is 2. The number of hydrogen-bond acceptors (Lipinski definition) is 2. The third kappa shape index (κ3) is 6.15. The van der Waals surface area contributed by atoms with Crippen LogP contribution in [0.3, 0.4) is 0 Å². The average molecular weight is 359 g/mol. The number of amides is 2. The van der Waals surface area contributed by atoms with Crippen LogP contribution in [-0.2, 0) is 9.59 Å². The van der Waals surface area contributed by atoms with Gasteiger partial charge in [-0.15, -0.1) is 0 Å². The molecule has 0 aromatic heterocycles. The van der Waals surface area contributed by atoms with Crippen LogP contribution in [0.5, 0.6) is 0 Å². The lowest BCUT2D eigenvalue weighted by Crippen LogP contribution is -2.47. The first-order valence-electron chi connectivity index (χ1n) is 10.1. The Morgan fingerprint density at radius 3 is 2.15 bits per heavy atom. The number of rotatable bonds is 7. The summed E-state index contributed by atoms with van der Waals surface area (Å²) in [4.78, 5) is 25.3. The average Bonchev–Trinajstić information content (AvgIpc) is 2.62. The normalized spacial score (nSPS) is 16.5. The number of nitrogens with one attached hydrogen (secondary N) is 2. The molecule has 0 radical (unpaired) electrons. The van der Waals surface area contributed by atoms with E-state index in [0.29, 0.717) is 18.3 Å². The van der Waals surface area contributed by atoms with Gasteiger partial charge in [-0.1, -0.05) is 59.1 Å². The van der Waals surface area contributed by atoms with Gasteiger partial charge in [0.15, 0.2) is 0 Å². The third-order valence-electron chi connectivity index (χ3n) is 5.16. The first-order valence-corrected chi connectivity index (χ1v) is 10.1. The maximum Gasteiger partial charge on any atom is 0.246 e. The van der Waals surface area contributed by atoms with Crippen LogP contribution in [0.4, 0.5) is 5.69 Å². The van der Waals surface area contributed by atoms with Crippen LogP contribution in [0.1, 0.15) is 77.7 Å². The van der Waals surface area contributed by atoms with Crippen molar-refractivity contribution in [3.05, 3.63) is 29.8 Å². The molecule has 1 aliphatic rings. The van der Waals surface area contributed by atoms with Crippen LogP contribution >= 0.6 is 0 Å². The predicted octanol–water partition coefficient (Wildman–Crippen LogP) is 4.86. The highest BCUT2D eigenvalue weighted by atomic mass is 16.2. The Morgan fingerprint density at radius 1 is 1.00 bits per heavy atom. The topological polar surface area (TPSA) is 58.2 Å². The number of anilines is 1. The van der Waals surface area contributed by atoms with Gasteiger partial charge in [-0.25, -0.2) is 0 Å². The first kappa shape index (κ1) is 20.5. The molecule has 0 saturated heterocycles. The molecule has 1 saturated carbocycles. The van der Waals surface area contributed by atoms with Gasteiger partial charge in [-0.2, -0.15) is 0 Å². The summed E-state index contributed by atoms with van der Waals surface area (Å²) < 4.78 is 0. The highest BCUT2D eigenvalue weighted by molar-refractivity contribution is 5.97. The highest BCUT2D eigenvalue weighted by Crippen LogP contribution is 2.24. The van der Waals surface area contributed by atoms with E-state index in [1.165, 1.54) is 12.0 Å². The molecule has 4 heteroatoms. The molecule has 2 amide bonds. The summed E-state index contributed by atoms with van der Waals surface area (Å²) >= 11 is 0. The van der Waals surface area contributed by atoms with Gasteiger partial charge in [0.05, 0.1) is 0 Å². The van der Waals surface area contributed by atoms with Gasteiger partial charge in [0, 0.05) is 11.6 Å².